The van der Waals surface area contributed by atoms with E-state index in [1.807, 2.05) is 0 Å². The van der Waals surface area contributed by atoms with Gasteiger partial charge in [0.05, 0.1) is 7.11 Å². The number of ether oxygens (including phenoxy) is 1. The lowest BCUT2D eigenvalue weighted by Gasteiger charge is -2.18. The molecule has 0 atom stereocenters. The van der Waals surface area contributed by atoms with E-state index in [2.05, 4.69) is 15.0 Å². The highest BCUT2D eigenvalue weighted by Crippen LogP contribution is 2.30. The Kier molecular flexibility index (Phi) is 5.01. The average molecular weight is 368 g/mol. The second-order valence-corrected chi connectivity index (χ2v) is 5.86. The number of anilines is 2. The minimum atomic E-state index is -1.81. The number of amides is 1. The molecule has 0 spiro atoms. The molecule has 8 heteroatoms. The smallest absolute Gasteiger partial charge is 0.261 e. The highest BCUT2D eigenvalue weighted by molar-refractivity contribution is 6.04. The van der Waals surface area contributed by atoms with E-state index < -0.39 is 40.5 Å². The number of halogens is 4. The van der Waals surface area contributed by atoms with Gasteiger partial charge in [-0.05, 0) is 37.1 Å². The van der Waals surface area contributed by atoms with Crippen molar-refractivity contribution in [2.24, 2.45) is 0 Å². The number of hydrogen-bond acceptors (Lipinski definition) is 3. The summed E-state index contributed by atoms with van der Waals surface area (Å²) in [4.78, 5) is 14.3. The Hall–Kier alpha value is -2.77. The summed E-state index contributed by atoms with van der Waals surface area (Å²) in [5.74, 6) is -9.67. The van der Waals surface area contributed by atoms with Crippen molar-refractivity contribution in [2.75, 3.05) is 30.4 Å². The predicted octanol–water partition coefficient (Wildman–Crippen LogP) is 4.10. The molecule has 1 fully saturated rings. The SMILES string of the molecule is COc1c(F)c(F)c(C(=O)Nc2ccc(N3CCCC3)cc2)c(F)c1F. The molecule has 3 rings (SSSR count). The summed E-state index contributed by atoms with van der Waals surface area (Å²) in [5.41, 5.74) is -0.141. The van der Waals surface area contributed by atoms with Crippen LogP contribution in [0.4, 0.5) is 28.9 Å². The fourth-order valence-electron chi connectivity index (χ4n) is 2.91. The van der Waals surface area contributed by atoms with Crippen molar-refractivity contribution in [3.8, 4) is 5.75 Å². The first-order valence-electron chi connectivity index (χ1n) is 8.00. The van der Waals surface area contributed by atoms with Gasteiger partial charge in [0.2, 0.25) is 11.6 Å². The van der Waals surface area contributed by atoms with Crippen LogP contribution in [0.1, 0.15) is 23.2 Å². The molecule has 0 saturated carbocycles. The Morgan fingerprint density at radius 3 is 2.00 bits per heavy atom. The van der Waals surface area contributed by atoms with Crippen LogP contribution in [0.15, 0.2) is 24.3 Å². The normalized spacial score (nSPS) is 13.8. The van der Waals surface area contributed by atoms with Gasteiger partial charge in [0.1, 0.15) is 5.56 Å². The molecule has 138 valence electrons. The number of carbonyl (C=O) groups is 1. The van der Waals surface area contributed by atoms with E-state index in [0.29, 0.717) is 0 Å². The Labute approximate surface area is 147 Å². The van der Waals surface area contributed by atoms with Crippen LogP contribution in [0.5, 0.6) is 5.75 Å². The minimum absolute atomic E-state index is 0.244. The lowest BCUT2D eigenvalue weighted by atomic mass is 10.1. The number of hydrogen-bond donors (Lipinski definition) is 1. The fourth-order valence-corrected chi connectivity index (χ4v) is 2.91. The van der Waals surface area contributed by atoms with Gasteiger partial charge in [-0.25, -0.2) is 8.78 Å². The standard InChI is InChI=1S/C18H16F4N2O2/c1-26-17-15(21)13(19)12(14(20)16(17)22)18(25)23-10-4-6-11(7-5-10)24-8-2-3-9-24/h4-7H,2-3,8-9H2,1H3,(H,23,25). The van der Waals surface area contributed by atoms with Gasteiger partial charge in [0.25, 0.3) is 5.91 Å². The molecule has 0 radical (unpaired) electrons. The number of benzene rings is 2. The zero-order valence-corrected chi connectivity index (χ0v) is 13.9. The first kappa shape index (κ1) is 18.0. The van der Waals surface area contributed by atoms with Crippen LogP contribution in [0, 0.1) is 23.3 Å². The third-order valence-electron chi connectivity index (χ3n) is 4.25. The summed E-state index contributed by atoms with van der Waals surface area (Å²) in [7, 11) is 0.863. The molecule has 1 amide bonds. The molecule has 1 saturated heterocycles. The van der Waals surface area contributed by atoms with Crippen LogP contribution in [-0.2, 0) is 0 Å². The average Bonchev–Trinajstić information content (AvgIpc) is 3.16. The number of methoxy groups -OCH3 is 1. The van der Waals surface area contributed by atoms with E-state index in [0.717, 1.165) is 38.7 Å². The van der Waals surface area contributed by atoms with E-state index in [1.165, 1.54) is 0 Å². The molecule has 0 aromatic heterocycles. The molecule has 0 bridgehead atoms. The van der Waals surface area contributed by atoms with E-state index in [4.69, 9.17) is 0 Å². The number of nitrogens with one attached hydrogen (secondary N) is 1. The lowest BCUT2D eigenvalue weighted by molar-refractivity contribution is 0.101. The Morgan fingerprint density at radius 1 is 0.962 bits per heavy atom. The summed E-state index contributed by atoms with van der Waals surface area (Å²) >= 11 is 0. The molecule has 26 heavy (non-hydrogen) atoms. The number of nitrogens with zero attached hydrogens (tertiary/aromatic N) is 1. The molecular formula is C18H16F4N2O2. The van der Waals surface area contributed by atoms with E-state index in [-0.39, 0.29) is 5.69 Å². The molecule has 1 heterocycles. The highest BCUT2D eigenvalue weighted by atomic mass is 19.2. The van der Waals surface area contributed by atoms with Crippen LogP contribution in [0.3, 0.4) is 0 Å². The van der Waals surface area contributed by atoms with Crippen LogP contribution >= 0.6 is 0 Å². The quantitative estimate of drug-likeness (QED) is 0.653. The van der Waals surface area contributed by atoms with Crippen molar-refractivity contribution in [1.82, 2.24) is 0 Å². The first-order chi connectivity index (χ1) is 12.4. The van der Waals surface area contributed by atoms with Crippen molar-refractivity contribution in [2.45, 2.75) is 12.8 Å². The van der Waals surface area contributed by atoms with Gasteiger partial charge in [-0.1, -0.05) is 0 Å². The monoisotopic (exact) mass is 368 g/mol. The second-order valence-electron chi connectivity index (χ2n) is 5.86. The van der Waals surface area contributed by atoms with Crippen LogP contribution in [0.25, 0.3) is 0 Å². The fraction of sp³-hybridized carbons (Fsp3) is 0.278. The van der Waals surface area contributed by atoms with E-state index in [9.17, 15) is 22.4 Å². The summed E-state index contributed by atoms with van der Waals surface area (Å²) in [5, 5.41) is 2.24. The molecule has 4 nitrogen and oxygen atoms in total. The van der Waals surface area contributed by atoms with Gasteiger partial charge in [-0.15, -0.1) is 0 Å². The molecule has 1 aliphatic rings. The van der Waals surface area contributed by atoms with Gasteiger partial charge in [0, 0.05) is 24.5 Å². The predicted molar refractivity (Wildman–Crippen MR) is 88.7 cm³/mol. The van der Waals surface area contributed by atoms with Crippen molar-refractivity contribution in [3.63, 3.8) is 0 Å². The summed E-state index contributed by atoms with van der Waals surface area (Å²) in [6.07, 6.45) is 2.21. The van der Waals surface area contributed by atoms with Crippen molar-refractivity contribution < 1.29 is 27.1 Å². The maximum absolute atomic E-state index is 14.0. The largest absolute Gasteiger partial charge is 0.491 e. The number of carbonyl (C=O) groups excluding carboxylic acids is 1. The number of rotatable bonds is 4. The molecule has 2 aromatic rings. The van der Waals surface area contributed by atoms with Crippen molar-refractivity contribution in [3.05, 3.63) is 53.1 Å². The maximum Gasteiger partial charge on any atom is 0.261 e. The lowest BCUT2D eigenvalue weighted by Crippen LogP contribution is -2.19. The minimum Gasteiger partial charge on any atom is -0.491 e. The molecule has 2 aromatic carbocycles. The summed E-state index contributed by atoms with van der Waals surface area (Å²) in [6, 6.07) is 6.61. The topological polar surface area (TPSA) is 41.6 Å². The zero-order valence-electron chi connectivity index (χ0n) is 13.9. The van der Waals surface area contributed by atoms with Crippen molar-refractivity contribution >= 4 is 17.3 Å². The van der Waals surface area contributed by atoms with Gasteiger partial charge in [0.15, 0.2) is 17.4 Å². The Morgan fingerprint density at radius 2 is 1.50 bits per heavy atom. The van der Waals surface area contributed by atoms with Gasteiger partial charge in [-0.2, -0.15) is 8.78 Å². The maximum atomic E-state index is 14.0. The third kappa shape index (κ3) is 3.18. The van der Waals surface area contributed by atoms with Crippen molar-refractivity contribution in [1.29, 1.82) is 0 Å². The summed E-state index contributed by atoms with van der Waals surface area (Å²) in [6.45, 7) is 1.87. The Balaban J connectivity index is 1.84. The molecule has 0 unspecified atom stereocenters. The molecule has 1 aliphatic heterocycles. The van der Waals surface area contributed by atoms with E-state index >= 15 is 0 Å². The molecular weight excluding hydrogens is 352 g/mol. The molecule has 0 aliphatic carbocycles. The second kappa shape index (κ2) is 7.23. The van der Waals surface area contributed by atoms with Crippen LogP contribution in [-0.4, -0.2) is 26.1 Å². The van der Waals surface area contributed by atoms with E-state index in [1.54, 1.807) is 24.3 Å². The Bertz CT molecular complexity index is 805. The molecule has 1 N–H and O–H groups in total. The highest BCUT2D eigenvalue weighted by Gasteiger charge is 2.30. The third-order valence-corrected chi connectivity index (χ3v) is 4.25. The van der Waals surface area contributed by atoms with Gasteiger partial charge < -0.3 is 15.0 Å². The van der Waals surface area contributed by atoms with Gasteiger partial charge in [-0.3, -0.25) is 4.79 Å². The zero-order chi connectivity index (χ0) is 18.8. The first-order valence-corrected chi connectivity index (χ1v) is 8.00. The summed E-state index contributed by atoms with van der Waals surface area (Å²) < 4.78 is 59.7. The van der Waals surface area contributed by atoms with Gasteiger partial charge >= 0.3 is 0 Å². The van der Waals surface area contributed by atoms with Crippen LogP contribution in [0.2, 0.25) is 0 Å². The van der Waals surface area contributed by atoms with Crippen LogP contribution < -0.4 is 15.0 Å².